The van der Waals surface area contributed by atoms with Crippen molar-refractivity contribution in [2.75, 3.05) is 6.54 Å². The number of rotatable bonds is 5. The van der Waals surface area contributed by atoms with E-state index in [2.05, 4.69) is 21.2 Å². The van der Waals surface area contributed by atoms with Crippen molar-refractivity contribution >= 4 is 27.5 Å². The highest BCUT2D eigenvalue weighted by molar-refractivity contribution is 9.10. The Bertz CT molecular complexity index is 464. The monoisotopic (exact) mass is 316 g/mol. The summed E-state index contributed by atoms with van der Waals surface area (Å²) in [7, 11) is 0. The molecule has 0 spiro atoms. The fourth-order valence-electron chi connectivity index (χ4n) is 1.25. The molecule has 0 aliphatic rings. The molecule has 0 radical (unpaired) electrons. The van der Waals surface area contributed by atoms with Crippen LogP contribution in [0.2, 0.25) is 0 Å². The maximum Gasteiger partial charge on any atom is 0.284 e. The lowest BCUT2D eigenvalue weighted by atomic mass is 10.2. The average Bonchev–Trinajstić information content (AvgIpc) is 2.35. The van der Waals surface area contributed by atoms with Crippen LogP contribution in [0.15, 0.2) is 22.7 Å². The van der Waals surface area contributed by atoms with Gasteiger partial charge in [0, 0.05) is 18.2 Å². The number of aliphatic hydroxyl groups excluding tert-OH is 1. The Morgan fingerprint density at radius 1 is 1.61 bits per heavy atom. The van der Waals surface area contributed by atoms with Crippen LogP contribution in [0.4, 0.5) is 5.69 Å². The maximum atomic E-state index is 11.7. The van der Waals surface area contributed by atoms with Gasteiger partial charge in [0.25, 0.3) is 11.6 Å². The van der Waals surface area contributed by atoms with Crippen LogP contribution in [0.25, 0.3) is 0 Å². The minimum absolute atomic E-state index is 0.124. The summed E-state index contributed by atoms with van der Waals surface area (Å²) in [4.78, 5) is 21.8. The number of benzene rings is 1. The Hall–Kier alpha value is -1.47. The van der Waals surface area contributed by atoms with Crippen molar-refractivity contribution in [3.63, 3.8) is 0 Å². The molecular weight excluding hydrogens is 304 g/mol. The van der Waals surface area contributed by atoms with Gasteiger partial charge in [0.1, 0.15) is 0 Å². The van der Waals surface area contributed by atoms with Gasteiger partial charge in [-0.1, -0.05) is 6.92 Å². The third kappa shape index (κ3) is 3.78. The molecule has 0 aliphatic heterocycles. The molecule has 0 aliphatic carbocycles. The van der Waals surface area contributed by atoms with E-state index < -0.39 is 16.9 Å². The molecule has 0 saturated carbocycles. The fourth-order valence-corrected chi connectivity index (χ4v) is 1.64. The van der Waals surface area contributed by atoms with Gasteiger partial charge >= 0.3 is 0 Å². The Balaban J connectivity index is 2.80. The van der Waals surface area contributed by atoms with E-state index >= 15 is 0 Å². The predicted molar refractivity (Wildman–Crippen MR) is 69.4 cm³/mol. The lowest BCUT2D eigenvalue weighted by Gasteiger charge is -2.09. The standard InChI is InChI=1S/C11H13BrN2O4/c1-2-8(15)6-13-11(16)7-3-4-9(12)10(5-7)14(17)18/h3-5,8,15H,2,6H2,1H3,(H,13,16). The summed E-state index contributed by atoms with van der Waals surface area (Å²) in [5.41, 5.74) is 0.0203. The zero-order chi connectivity index (χ0) is 13.7. The van der Waals surface area contributed by atoms with E-state index in [4.69, 9.17) is 0 Å². The Morgan fingerprint density at radius 3 is 2.83 bits per heavy atom. The van der Waals surface area contributed by atoms with Crippen LogP contribution < -0.4 is 5.32 Å². The maximum absolute atomic E-state index is 11.7. The normalized spacial score (nSPS) is 11.9. The molecule has 0 bridgehead atoms. The quantitative estimate of drug-likeness (QED) is 0.640. The number of aliphatic hydroxyl groups is 1. The molecule has 18 heavy (non-hydrogen) atoms. The largest absolute Gasteiger partial charge is 0.391 e. The Morgan fingerprint density at radius 2 is 2.28 bits per heavy atom. The van der Waals surface area contributed by atoms with Crippen molar-refractivity contribution in [3.05, 3.63) is 38.3 Å². The zero-order valence-corrected chi connectivity index (χ0v) is 11.3. The van der Waals surface area contributed by atoms with E-state index in [-0.39, 0.29) is 17.8 Å². The first-order valence-corrected chi connectivity index (χ1v) is 6.15. The number of carbonyl (C=O) groups excluding carboxylic acids is 1. The highest BCUT2D eigenvalue weighted by Crippen LogP contribution is 2.25. The summed E-state index contributed by atoms with van der Waals surface area (Å²) < 4.78 is 0.317. The zero-order valence-electron chi connectivity index (χ0n) is 9.72. The van der Waals surface area contributed by atoms with Crippen LogP contribution in [0.5, 0.6) is 0 Å². The van der Waals surface area contributed by atoms with Crippen molar-refractivity contribution in [2.24, 2.45) is 0 Å². The third-order valence-corrected chi connectivity index (χ3v) is 3.05. The number of nitrogens with one attached hydrogen (secondary N) is 1. The minimum Gasteiger partial charge on any atom is -0.391 e. The number of hydrogen-bond donors (Lipinski definition) is 2. The molecule has 2 N–H and O–H groups in total. The van der Waals surface area contributed by atoms with Crippen molar-refractivity contribution < 1.29 is 14.8 Å². The molecule has 6 nitrogen and oxygen atoms in total. The summed E-state index contributed by atoms with van der Waals surface area (Å²) >= 11 is 3.04. The predicted octanol–water partition coefficient (Wildman–Crippen LogP) is 1.86. The lowest BCUT2D eigenvalue weighted by Crippen LogP contribution is -2.31. The van der Waals surface area contributed by atoms with Gasteiger partial charge < -0.3 is 10.4 Å². The summed E-state index contributed by atoms with van der Waals surface area (Å²) in [6, 6.07) is 4.12. The molecule has 7 heteroatoms. The molecule has 0 heterocycles. The molecule has 0 fully saturated rings. The van der Waals surface area contributed by atoms with E-state index in [0.29, 0.717) is 10.9 Å². The molecule has 1 aromatic carbocycles. The second-order valence-electron chi connectivity index (χ2n) is 3.70. The van der Waals surface area contributed by atoms with Crippen molar-refractivity contribution in [1.82, 2.24) is 5.32 Å². The average molecular weight is 317 g/mol. The van der Waals surface area contributed by atoms with E-state index in [0.717, 1.165) is 0 Å². The van der Waals surface area contributed by atoms with Gasteiger partial charge in [-0.15, -0.1) is 0 Å². The molecule has 1 unspecified atom stereocenters. The van der Waals surface area contributed by atoms with Crippen molar-refractivity contribution in [1.29, 1.82) is 0 Å². The van der Waals surface area contributed by atoms with Gasteiger partial charge in [0.05, 0.1) is 15.5 Å². The lowest BCUT2D eigenvalue weighted by molar-refractivity contribution is -0.385. The van der Waals surface area contributed by atoms with E-state index in [1.807, 2.05) is 0 Å². The molecule has 1 amide bonds. The topological polar surface area (TPSA) is 92.5 Å². The van der Waals surface area contributed by atoms with Crippen LogP contribution in [-0.2, 0) is 0 Å². The van der Waals surface area contributed by atoms with Gasteiger partial charge in [-0.3, -0.25) is 14.9 Å². The second-order valence-corrected chi connectivity index (χ2v) is 4.55. The van der Waals surface area contributed by atoms with Crippen LogP contribution in [-0.4, -0.2) is 28.6 Å². The molecule has 0 saturated heterocycles. The number of halogens is 1. The molecule has 1 rings (SSSR count). The molecule has 98 valence electrons. The number of carbonyl (C=O) groups is 1. The smallest absolute Gasteiger partial charge is 0.284 e. The Labute approximate surface area is 112 Å². The van der Waals surface area contributed by atoms with Gasteiger partial charge in [0.2, 0.25) is 0 Å². The van der Waals surface area contributed by atoms with Crippen LogP contribution in [0, 0.1) is 10.1 Å². The van der Waals surface area contributed by atoms with E-state index in [1.165, 1.54) is 18.2 Å². The number of hydrogen-bond acceptors (Lipinski definition) is 4. The van der Waals surface area contributed by atoms with Crippen molar-refractivity contribution in [3.8, 4) is 0 Å². The van der Waals surface area contributed by atoms with Gasteiger partial charge in [-0.05, 0) is 34.5 Å². The summed E-state index contributed by atoms with van der Waals surface area (Å²) in [5, 5.41) is 22.5. The third-order valence-electron chi connectivity index (χ3n) is 2.37. The Kier molecular flexibility index (Phi) is 5.24. The summed E-state index contributed by atoms with van der Waals surface area (Å²) in [6.07, 6.45) is -0.0831. The van der Waals surface area contributed by atoms with Crippen LogP contribution in [0.3, 0.4) is 0 Å². The first-order chi connectivity index (χ1) is 8.45. The van der Waals surface area contributed by atoms with Crippen LogP contribution in [0.1, 0.15) is 23.7 Å². The van der Waals surface area contributed by atoms with Crippen molar-refractivity contribution in [2.45, 2.75) is 19.4 Å². The first-order valence-electron chi connectivity index (χ1n) is 5.36. The van der Waals surface area contributed by atoms with E-state index in [1.54, 1.807) is 6.92 Å². The summed E-state index contributed by atoms with van der Waals surface area (Å²) in [5.74, 6) is -0.446. The number of nitro benzene ring substituents is 1. The SMILES string of the molecule is CCC(O)CNC(=O)c1ccc(Br)c([N+](=O)[O-])c1. The number of nitro groups is 1. The molecular formula is C11H13BrN2O4. The molecule has 1 atom stereocenters. The number of amides is 1. The number of nitrogens with zero attached hydrogens (tertiary/aromatic N) is 1. The second kappa shape index (κ2) is 6.46. The summed E-state index contributed by atoms with van der Waals surface area (Å²) in [6.45, 7) is 1.92. The van der Waals surface area contributed by atoms with Gasteiger partial charge in [-0.25, -0.2) is 0 Å². The van der Waals surface area contributed by atoms with E-state index in [9.17, 15) is 20.0 Å². The highest BCUT2D eigenvalue weighted by Gasteiger charge is 2.16. The van der Waals surface area contributed by atoms with Crippen LogP contribution >= 0.6 is 15.9 Å². The fraction of sp³-hybridized carbons (Fsp3) is 0.364. The molecule has 1 aromatic rings. The van der Waals surface area contributed by atoms with Gasteiger partial charge in [-0.2, -0.15) is 0 Å². The minimum atomic E-state index is -0.612. The first kappa shape index (κ1) is 14.6. The van der Waals surface area contributed by atoms with Gasteiger partial charge in [0.15, 0.2) is 0 Å². The highest BCUT2D eigenvalue weighted by atomic mass is 79.9. The molecule has 0 aromatic heterocycles.